The molecule has 11 heteroatoms. The monoisotopic (exact) mass is 420 g/mol. The van der Waals surface area contributed by atoms with Gasteiger partial charge in [-0.05, 0) is 59.1 Å². The molecule has 2 aromatic rings. The van der Waals surface area contributed by atoms with Crippen LogP contribution in [-0.4, -0.2) is 48.2 Å². The van der Waals surface area contributed by atoms with E-state index in [1.807, 2.05) is 0 Å². The van der Waals surface area contributed by atoms with Gasteiger partial charge < -0.3 is 20.2 Å². The summed E-state index contributed by atoms with van der Waals surface area (Å²) < 4.78 is 31.6. The van der Waals surface area contributed by atoms with Crippen LogP contribution in [0, 0.1) is 17.0 Å². The van der Waals surface area contributed by atoms with Gasteiger partial charge in [-0.2, -0.15) is 4.31 Å². The number of anilines is 1. The summed E-state index contributed by atoms with van der Waals surface area (Å²) in [5.41, 5.74) is 0.841. The summed E-state index contributed by atoms with van der Waals surface area (Å²) in [6.45, 7) is 2.17. The number of ether oxygens (including phenoxy) is 1. The molecule has 1 aliphatic rings. The summed E-state index contributed by atoms with van der Waals surface area (Å²) in [7, 11) is -3.52. The number of amides is 1. The van der Waals surface area contributed by atoms with Crippen LogP contribution in [0.4, 0.5) is 11.5 Å². The maximum Gasteiger partial charge on any atom is 0.406 e. The lowest BCUT2D eigenvalue weighted by Gasteiger charge is -2.15. The third kappa shape index (κ3) is 4.87. The number of benzene rings is 1. The van der Waals surface area contributed by atoms with Crippen molar-refractivity contribution in [2.75, 3.05) is 25.0 Å². The van der Waals surface area contributed by atoms with Gasteiger partial charge in [0.15, 0.2) is 6.61 Å². The molecule has 0 bridgehead atoms. The van der Waals surface area contributed by atoms with Gasteiger partial charge in [-0.1, -0.05) is 0 Å². The molecule has 29 heavy (non-hydrogen) atoms. The lowest BCUT2D eigenvalue weighted by Crippen LogP contribution is -2.27. The molecule has 154 valence electrons. The molecule has 3 rings (SSSR count). The van der Waals surface area contributed by atoms with E-state index < -0.39 is 33.3 Å². The highest BCUT2D eigenvalue weighted by atomic mass is 32.2. The van der Waals surface area contributed by atoms with E-state index in [4.69, 9.17) is 4.74 Å². The fourth-order valence-electron chi connectivity index (χ4n) is 2.90. The van der Waals surface area contributed by atoms with E-state index in [0.717, 1.165) is 12.8 Å². The van der Waals surface area contributed by atoms with Crippen molar-refractivity contribution in [1.29, 1.82) is 0 Å². The highest BCUT2D eigenvalue weighted by Gasteiger charge is 2.27. The zero-order valence-electron chi connectivity index (χ0n) is 15.7. The summed E-state index contributed by atoms with van der Waals surface area (Å²) in [6, 6.07) is 8.75. The van der Waals surface area contributed by atoms with Crippen molar-refractivity contribution in [1.82, 2.24) is 9.29 Å². The quantitative estimate of drug-likeness (QED) is 0.536. The molecule has 2 heterocycles. The van der Waals surface area contributed by atoms with E-state index >= 15 is 0 Å². The number of nitro groups is 1. The first-order chi connectivity index (χ1) is 13.8. The van der Waals surface area contributed by atoms with Gasteiger partial charge in [0, 0.05) is 25.7 Å². The van der Waals surface area contributed by atoms with Gasteiger partial charge in [0.05, 0.1) is 4.90 Å². The number of pyridine rings is 1. The van der Waals surface area contributed by atoms with Crippen LogP contribution in [0.1, 0.15) is 18.5 Å². The minimum atomic E-state index is -3.52. The molecule has 0 saturated carbocycles. The Labute approximate surface area is 167 Å². The Kier molecular flexibility index (Phi) is 6.09. The smallest absolute Gasteiger partial charge is 0.406 e. The van der Waals surface area contributed by atoms with Crippen molar-refractivity contribution in [3.05, 3.63) is 52.2 Å². The molecule has 0 radical (unpaired) electrons. The number of carbonyl (C=O) groups excluding carboxylic acids is 1. The fraction of sp³-hybridized carbons (Fsp3) is 0.333. The van der Waals surface area contributed by atoms with Gasteiger partial charge in [0.1, 0.15) is 5.69 Å². The van der Waals surface area contributed by atoms with Crippen molar-refractivity contribution in [3.63, 3.8) is 0 Å². The van der Waals surface area contributed by atoms with E-state index in [9.17, 15) is 23.3 Å². The number of nitrogens with zero attached hydrogens (tertiary/aromatic N) is 3. The van der Waals surface area contributed by atoms with E-state index in [1.54, 1.807) is 13.0 Å². The topological polar surface area (TPSA) is 132 Å². The number of carbonyl (C=O) groups is 1. The molecule has 1 aromatic heterocycles. The molecule has 1 fully saturated rings. The van der Waals surface area contributed by atoms with Gasteiger partial charge in [-0.3, -0.25) is 4.79 Å². The molecular formula is C18H20N4O6S. The van der Waals surface area contributed by atoms with Crippen molar-refractivity contribution >= 4 is 27.4 Å². The molecule has 10 nitrogen and oxygen atoms in total. The van der Waals surface area contributed by atoms with E-state index in [1.165, 1.54) is 34.6 Å². The van der Waals surface area contributed by atoms with Crippen LogP contribution in [0.15, 0.2) is 41.3 Å². The molecule has 1 N–H and O–H groups in total. The summed E-state index contributed by atoms with van der Waals surface area (Å²) in [4.78, 5) is 26.4. The van der Waals surface area contributed by atoms with Crippen molar-refractivity contribution in [2.24, 2.45) is 0 Å². The maximum absolute atomic E-state index is 12.5. The second-order valence-corrected chi connectivity index (χ2v) is 8.44. The number of rotatable bonds is 7. The minimum Gasteiger partial charge on any atom is -0.476 e. The van der Waals surface area contributed by atoms with Crippen LogP contribution in [-0.2, 0) is 14.8 Å². The molecule has 0 aliphatic carbocycles. The van der Waals surface area contributed by atoms with Crippen LogP contribution >= 0.6 is 0 Å². The number of hydrogen-bond donors (Lipinski definition) is 1. The van der Waals surface area contributed by atoms with Crippen LogP contribution < -0.4 is 10.1 Å². The lowest BCUT2D eigenvalue weighted by molar-refractivity contribution is -0.390. The van der Waals surface area contributed by atoms with Crippen LogP contribution in [0.25, 0.3) is 0 Å². The second kappa shape index (κ2) is 8.53. The summed E-state index contributed by atoms with van der Waals surface area (Å²) in [5, 5.41) is 13.6. The van der Waals surface area contributed by atoms with Gasteiger partial charge in [0.25, 0.3) is 5.91 Å². The normalized spacial score (nSPS) is 14.5. The van der Waals surface area contributed by atoms with Crippen molar-refractivity contribution < 1.29 is 22.9 Å². The Morgan fingerprint density at radius 3 is 2.48 bits per heavy atom. The van der Waals surface area contributed by atoms with Gasteiger partial charge in [-0.25, -0.2) is 8.42 Å². The number of hydrogen-bond acceptors (Lipinski definition) is 7. The van der Waals surface area contributed by atoms with Gasteiger partial charge in [-0.15, -0.1) is 0 Å². The SMILES string of the molecule is Cc1ccc(OCC(=O)Nc2ccc(S(=O)(=O)N3CCCC3)cc2)c([N+](=O)[O-])n1. The first kappa shape index (κ1) is 20.7. The maximum atomic E-state index is 12.5. The molecule has 0 atom stereocenters. The number of sulfonamides is 1. The summed E-state index contributed by atoms with van der Waals surface area (Å²) in [5.74, 6) is -1.12. The first-order valence-corrected chi connectivity index (χ1v) is 10.4. The second-order valence-electron chi connectivity index (χ2n) is 6.50. The molecule has 1 saturated heterocycles. The molecule has 1 amide bonds. The Morgan fingerprint density at radius 2 is 1.86 bits per heavy atom. The Bertz CT molecular complexity index is 1020. The molecule has 1 aliphatic heterocycles. The zero-order chi connectivity index (χ0) is 21.0. The zero-order valence-corrected chi connectivity index (χ0v) is 16.5. The summed E-state index contributed by atoms with van der Waals surface area (Å²) >= 11 is 0. The largest absolute Gasteiger partial charge is 0.476 e. The van der Waals surface area contributed by atoms with Crippen LogP contribution in [0.2, 0.25) is 0 Å². The average molecular weight is 420 g/mol. The minimum absolute atomic E-state index is 0.109. The Morgan fingerprint density at radius 1 is 1.21 bits per heavy atom. The Hall–Kier alpha value is -3.05. The van der Waals surface area contributed by atoms with E-state index in [2.05, 4.69) is 10.3 Å². The third-order valence-corrected chi connectivity index (χ3v) is 6.26. The van der Waals surface area contributed by atoms with Crippen LogP contribution in [0.5, 0.6) is 5.75 Å². The standard InChI is InChI=1S/C18H20N4O6S/c1-13-4-9-16(18(19-13)22(24)25)28-12-17(23)20-14-5-7-15(8-6-14)29(26,27)21-10-2-3-11-21/h4-9H,2-3,10-12H2,1H3,(H,20,23). The number of aromatic nitrogens is 1. The first-order valence-electron chi connectivity index (χ1n) is 8.92. The number of aryl methyl sites for hydroxylation is 1. The fourth-order valence-corrected chi connectivity index (χ4v) is 4.42. The number of nitrogens with one attached hydrogen (secondary N) is 1. The van der Waals surface area contributed by atoms with E-state index in [-0.39, 0.29) is 10.6 Å². The molecule has 0 unspecified atom stereocenters. The molecular weight excluding hydrogens is 400 g/mol. The lowest BCUT2D eigenvalue weighted by atomic mass is 10.3. The highest BCUT2D eigenvalue weighted by Crippen LogP contribution is 2.25. The third-order valence-electron chi connectivity index (χ3n) is 4.35. The predicted octanol–water partition coefficient (Wildman–Crippen LogP) is 2.10. The van der Waals surface area contributed by atoms with Crippen LogP contribution in [0.3, 0.4) is 0 Å². The van der Waals surface area contributed by atoms with Gasteiger partial charge in [0.2, 0.25) is 15.8 Å². The summed E-state index contributed by atoms with van der Waals surface area (Å²) in [6.07, 6.45) is 1.70. The predicted molar refractivity (Wildman–Crippen MR) is 104 cm³/mol. The Balaban J connectivity index is 1.61. The highest BCUT2D eigenvalue weighted by molar-refractivity contribution is 7.89. The molecule has 1 aromatic carbocycles. The van der Waals surface area contributed by atoms with E-state index in [0.29, 0.717) is 24.5 Å². The van der Waals surface area contributed by atoms with Crippen molar-refractivity contribution in [3.8, 4) is 5.75 Å². The average Bonchev–Trinajstić information content (AvgIpc) is 3.23. The van der Waals surface area contributed by atoms with Gasteiger partial charge >= 0.3 is 5.82 Å². The molecule has 0 spiro atoms. The van der Waals surface area contributed by atoms with Crippen molar-refractivity contribution in [2.45, 2.75) is 24.7 Å².